The van der Waals surface area contributed by atoms with E-state index in [1.54, 1.807) is 17.2 Å². The molecule has 2 aromatic rings. The van der Waals surface area contributed by atoms with Crippen LogP contribution in [-0.2, 0) is 9.84 Å². The number of anilines is 1. The largest absolute Gasteiger partial charge is 0.382 e. The standard InChI is InChI=1S/C12H16N4O2S/c1-10(7-19(2,17)18)15-11-4-3-5-12(6-11)16-8-13-14-9-16/h3-6,8-10,15H,7H2,1-2H3. The van der Waals surface area contributed by atoms with Crippen molar-refractivity contribution in [3.05, 3.63) is 36.9 Å². The monoisotopic (exact) mass is 280 g/mol. The molecule has 0 radical (unpaired) electrons. The average Bonchev–Trinajstić information content (AvgIpc) is 2.79. The molecule has 102 valence electrons. The second-order valence-electron chi connectivity index (χ2n) is 4.56. The zero-order valence-electron chi connectivity index (χ0n) is 10.8. The first kappa shape index (κ1) is 13.5. The molecule has 0 aliphatic heterocycles. The lowest BCUT2D eigenvalue weighted by atomic mass is 10.2. The number of nitrogens with one attached hydrogen (secondary N) is 1. The number of aromatic nitrogens is 3. The predicted molar refractivity (Wildman–Crippen MR) is 74.2 cm³/mol. The normalized spacial score (nSPS) is 13.2. The molecule has 1 atom stereocenters. The SMILES string of the molecule is CC(CS(C)(=O)=O)Nc1cccc(-n2cnnc2)c1. The molecule has 0 bridgehead atoms. The van der Waals surface area contributed by atoms with E-state index in [1.165, 1.54) is 6.26 Å². The Morgan fingerprint density at radius 2 is 2.00 bits per heavy atom. The van der Waals surface area contributed by atoms with E-state index in [1.807, 2.05) is 31.2 Å². The van der Waals surface area contributed by atoms with Crippen LogP contribution in [0, 0.1) is 0 Å². The molecule has 2 rings (SSSR count). The van der Waals surface area contributed by atoms with Crippen molar-refractivity contribution >= 4 is 15.5 Å². The van der Waals surface area contributed by atoms with Gasteiger partial charge in [-0.1, -0.05) is 6.07 Å². The van der Waals surface area contributed by atoms with Gasteiger partial charge in [0.05, 0.1) is 11.4 Å². The lowest BCUT2D eigenvalue weighted by Crippen LogP contribution is -2.24. The molecule has 0 aliphatic carbocycles. The van der Waals surface area contributed by atoms with E-state index in [0.717, 1.165) is 11.4 Å². The van der Waals surface area contributed by atoms with Crippen molar-refractivity contribution in [1.82, 2.24) is 14.8 Å². The summed E-state index contributed by atoms with van der Waals surface area (Å²) >= 11 is 0. The van der Waals surface area contributed by atoms with Gasteiger partial charge in [0.25, 0.3) is 0 Å². The minimum absolute atomic E-state index is 0.101. The van der Waals surface area contributed by atoms with Crippen LogP contribution in [-0.4, -0.2) is 41.2 Å². The van der Waals surface area contributed by atoms with Crippen LogP contribution >= 0.6 is 0 Å². The van der Waals surface area contributed by atoms with Crippen LogP contribution in [0.3, 0.4) is 0 Å². The Morgan fingerprint density at radius 1 is 1.32 bits per heavy atom. The molecule has 7 heteroatoms. The van der Waals surface area contributed by atoms with Crippen LogP contribution in [0.2, 0.25) is 0 Å². The molecule has 1 aromatic carbocycles. The van der Waals surface area contributed by atoms with Gasteiger partial charge >= 0.3 is 0 Å². The smallest absolute Gasteiger partial charge is 0.149 e. The van der Waals surface area contributed by atoms with Gasteiger partial charge in [-0.2, -0.15) is 0 Å². The molecule has 0 spiro atoms. The van der Waals surface area contributed by atoms with Crippen molar-refractivity contribution in [2.24, 2.45) is 0 Å². The van der Waals surface area contributed by atoms with Gasteiger partial charge < -0.3 is 5.32 Å². The number of rotatable bonds is 5. The molecular formula is C12H16N4O2S. The minimum atomic E-state index is -2.98. The molecule has 0 saturated carbocycles. The van der Waals surface area contributed by atoms with Crippen LogP contribution < -0.4 is 5.32 Å². The average molecular weight is 280 g/mol. The van der Waals surface area contributed by atoms with Crippen molar-refractivity contribution in [2.45, 2.75) is 13.0 Å². The lowest BCUT2D eigenvalue weighted by Gasteiger charge is -2.15. The van der Waals surface area contributed by atoms with Gasteiger partial charge in [0.1, 0.15) is 22.5 Å². The molecule has 0 aliphatic rings. The van der Waals surface area contributed by atoms with Crippen molar-refractivity contribution in [3.8, 4) is 5.69 Å². The topological polar surface area (TPSA) is 76.9 Å². The van der Waals surface area contributed by atoms with Crippen molar-refractivity contribution in [3.63, 3.8) is 0 Å². The first-order valence-electron chi connectivity index (χ1n) is 5.83. The zero-order chi connectivity index (χ0) is 13.9. The molecular weight excluding hydrogens is 264 g/mol. The molecule has 0 fully saturated rings. The summed E-state index contributed by atoms with van der Waals surface area (Å²) in [6.07, 6.45) is 4.46. The van der Waals surface area contributed by atoms with Gasteiger partial charge in [0, 0.05) is 18.0 Å². The second-order valence-corrected chi connectivity index (χ2v) is 6.74. The number of benzene rings is 1. The Kier molecular flexibility index (Phi) is 3.84. The van der Waals surface area contributed by atoms with E-state index in [2.05, 4.69) is 15.5 Å². The van der Waals surface area contributed by atoms with Crippen LogP contribution in [0.1, 0.15) is 6.92 Å². The van der Waals surface area contributed by atoms with Crippen molar-refractivity contribution < 1.29 is 8.42 Å². The maximum Gasteiger partial charge on any atom is 0.149 e. The molecule has 1 N–H and O–H groups in total. The Hall–Kier alpha value is -1.89. The van der Waals surface area contributed by atoms with Crippen molar-refractivity contribution in [1.29, 1.82) is 0 Å². The fraction of sp³-hybridized carbons (Fsp3) is 0.333. The number of hydrogen-bond acceptors (Lipinski definition) is 5. The Balaban J connectivity index is 2.12. The highest BCUT2D eigenvalue weighted by atomic mass is 32.2. The first-order chi connectivity index (χ1) is 8.94. The van der Waals surface area contributed by atoms with Gasteiger partial charge in [-0.05, 0) is 25.1 Å². The van der Waals surface area contributed by atoms with Crippen LogP contribution in [0.15, 0.2) is 36.9 Å². The molecule has 6 nitrogen and oxygen atoms in total. The summed E-state index contributed by atoms with van der Waals surface area (Å²) in [5.74, 6) is 0.101. The molecule has 1 aromatic heterocycles. The third-order valence-electron chi connectivity index (χ3n) is 2.53. The van der Waals surface area contributed by atoms with Gasteiger partial charge in [-0.25, -0.2) is 8.42 Å². The molecule has 19 heavy (non-hydrogen) atoms. The summed E-state index contributed by atoms with van der Waals surface area (Å²) in [7, 11) is -2.98. The summed E-state index contributed by atoms with van der Waals surface area (Å²) in [5, 5.41) is 10.7. The summed E-state index contributed by atoms with van der Waals surface area (Å²) in [5.41, 5.74) is 1.78. The van der Waals surface area contributed by atoms with Crippen LogP contribution in [0.25, 0.3) is 5.69 Å². The van der Waals surface area contributed by atoms with Gasteiger partial charge in [0.2, 0.25) is 0 Å². The predicted octanol–water partition coefficient (Wildman–Crippen LogP) is 1.11. The third kappa shape index (κ3) is 4.06. The summed E-state index contributed by atoms with van der Waals surface area (Å²) in [6, 6.07) is 7.49. The van der Waals surface area contributed by atoms with Crippen molar-refractivity contribution in [2.75, 3.05) is 17.3 Å². The number of hydrogen-bond donors (Lipinski definition) is 1. The highest BCUT2D eigenvalue weighted by Crippen LogP contribution is 2.15. The van der Waals surface area contributed by atoms with Gasteiger partial charge in [-0.3, -0.25) is 4.57 Å². The number of sulfone groups is 1. The molecule has 0 saturated heterocycles. The maximum absolute atomic E-state index is 11.2. The summed E-state index contributed by atoms with van der Waals surface area (Å²) < 4.78 is 24.2. The van der Waals surface area contributed by atoms with Crippen LogP contribution in [0.5, 0.6) is 0 Å². The lowest BCUT2D eigenvalue weighted by molar-refractivity contribution is 0.598. The minimum Gasteiger partial charge on any atom is -0.382 e. The van der Waals surface area contributed by atoms with E-state index < -0.39 is 9.84 Å². The third-order valence-corrected chi connectivity index (χ3v) is 3.63. The molecule has 1 heterocycles. The van der Waals surface area contributed by atoms with E-state index in [-0.39, 0.29) is 11.8 Å². The second kappa shape index (κ2) is 5.40. The zero-order valence-corrected chi connectivity index (χ0v) is 11.6. The van der Waals surface area contributed by atoms with Gasteiger partial charge in [-0.15, -0.1) is 10.2 Å². The molecule has 0 amide bonds. The Labute approximate surface area is 112 Å². The van der Waals surface area contributed by atoms with E-state index >= 15 is 0 Å². The first-order valence-corrected chi connectivity index (χ1v) is 7.89. The summed E-state index contributed by atoms with van der Waals surface area (Å²) in [4.78, 5) is 0. The quantitative estimate of drug-likeness (QED) is 0.888. The van der Waals surface area contributed by atoms with E-state index in [0.29, 0.717) is 0 Å². The molecule has 1 unspecified atom stereocenters. The maximum atomic E-state index is 11.2. The van der Waals surface area contributed by atoms with Crippen LogP contribution in [0.4, 0.5) is 5.69 Å². The van der Waals surface area contributed by atoms with E-state index in [4.69, 9.17) is 0 Å². The highest BCUT2D eigenvalue weighted by molar-refractivity contribution is 7.90. The highest BCUT2D eigenvalue weighted by Gasteiger charge is 2.10. The van der Waals surface area contributed by atoms with E-state index in [9.17, 15) is 8.42 Å². The Bertz CT molecular complexity index is 638. The fourth-order valence-electron chi connectivity index (χ4n) is 1.87. The summed E-state index contributed by atoms with van der Waals surface area (Å²) in [6.45, 7) is 1.84. The van der Waals surface area contributed by atoms with Gasteiger partial charge in [0.15, 0.2) is 0 Å². The Morgan fingerprint density at radius 3 is 2.63 bits per heavy atom. The number of nitrogens with zero attached hydrogens (tertiary/aromatic N) is 3. The fourth-order valence-corrected chi connectivity index (χ4v) is 2.86.